The van der Waals surface area contributed by atoms with Crippen LogP contribution in [0.15, 0.2) is 56.1 Å². The SMILES string of the molecule is CCC(CC)C(=O)Nc1ccc(-c2nc3ccc(Br)cc3c(=O)o2)cc1. The van der Waals surface area contributed by atoms with E-state index in [-0.39, 0.29) is 17.7 Å². The number of rotatable bonds is 5. The Hall–Kier alpha value is -2.47. The minimum atomic E-state index is -0.433. The molecule has 5 nitrogen and oxygen atoms in total. The molecule has 0 bridgehead atoms. The van der Waals surface area contributed by atoms with Crippen LogP contribution in [-0.4, -0.2) is 10.9 Å². The van der Waals surface area contributed by atoms with Gasteiger partial charge in [-0.05, 0) is 55.3 Å². The molecule has 1 aromatic heterocycles. The van der Waals surface area contributed by atoms with E-state index in [9.17, 15) is 9.59 Å². The second kappa shape index (κ2) is 7.83. The molecular weight excluding hydrogens is 396 g/mol. The Morgan fingerprint density at radius 3 is 2.50 bits per heavy atom. The van der Waals surface area contributed by atoms with Crippen LogP contribution < -0.4 is 10.9 Å². The normalized spacial score (nSPS) is 11.1. The lowest BCUT2D eigenvalue weighted by molar-refractivity contribution is -0.120. The van der Waals surface area contributed by atoms with Crippen LogP contribution >= 0.6 is 15.9 Å². The van der Waals surface area contributed by atoms with Crippen molar-refractivity contribution in [2.24, 2.45) is 5.92 Å². The molecule has 3 rings (SSSR count). The Morgan fingerprint density at radius 1 is 1.15 bits per heavy atom. The van der Waals surface area contributed by atoms with E-state index in [1.54, 1.807) is 36.4 Å². The van der Waals surface area contributed by atoms with Crippen LogP contribution in [0.4, 0.5) is 5.69 Å². The Labute approximate surface area is 159 Å². The number of carbonyl (C=O) groups excluding carboxylic acids is 1. The highest BCUT2D eigenvalue weighted by molar-refractivity contribution is 9.10. The zero-order valence-electron chi connectivity index (χ0n) is 14.6. The summed E-state index contributed by atoms with van der Waals surface area (Å²) in [6.07, 6.45) is 1.62. The van der Waals surface area contributed by atoms with E-state index in [2.05, 4.69) is 26.2 Å². The molecule has 0 saturated heterocycles. The zero-order chi connectivity index (χ0) is 18.7. The molecule has 2 aromatic carbocycles. The summed E-state index contributed by atoms with van der Waals surface area (Å²) in [5, 5.41) is 3.34. The van der Waals surface area contributed by atoms with Crippen LogP contribution in [0, 0.1) is 5.92 Å². The number of nitrogens with one attached hydrogen (secondary N) is 1. The standard InChI is InChI=1S/C20H19BrN2O3/c1-3-12(4-2)18(24)22-15-8-5-13(6-9-15)19-23-17-10-7-14(21)11-16(17)20(25)26-19/h5-12H,3-4H2,1-2H3,(H,22,24). The van der Waals surface area contributed by atoms with Crippen molar-refractivity contribution in [1.82, 2.24) is 4.98 Å². The first-order valence-electron chi connectivity index (χ1n) is 8.53. The van der Waals surface area contributed by atoms with Gasteiger partial charge < -0.3 is 9.73 Å². The number of halogens is 1. The molecule has 3 aromatic rings. The number of fused-ring (bicyclic) bond motifs is 1. The molecule has 0 saturated carbocycles. The zero-order valence-corrected chi connectivity index (χ0v) is 16.2. The minimum absolute atomic E-state index is 0.00850. The number of benzene rings is 2. The van der Waals surface area contributed by atoms with E-state index < -0.39 is 5.63 Å². The summed E-state index contributed by atoms with van der Waals surface area (Å²) in [5.41, 5.74) is 1.52. The largest absolute Gasteiger partial charge is 0.403 e. The maximum Gasteiger partial charge on any atom is 0.347 e. The van der Waals surface area contributed by atoms with Crippen LogP contribution in [0.25, 0.3) is 22.4 Å². The maximum absolute atomic E-state index is 12.2. The number of hydrogen-bond acceptors (Lipinski definition) is 4. The van der Waals surface area contributed by atoms with E-state index in [0.29, 0.717) is 22.2 Å². The fourth-order valence-electron chi connectivity index (χ4n) is 2.77. The molecule has 6 heteroatoms. The van der Waals surface area contributed by atoms with Crippen LogP contribution in [0.3, 0.4) is 0 Å². The van der Waals surface area contributed by atoms with E-state index >= 15 is 0 Å². The van der Waals surface area contributed by atoms with E-state index in [1.165, 1.54) is 0 Å². The Balaban J connectivity index is 1.87. The van der Waals surface area contributed by atoms with Gasteiger partial charge in [0.15, 0.2) is 0 Å². The summed E-state index contributed by atoms with van der Waals surface area (Å²) in [7, 11) is 0. The number of carbonyl (C=O) groups is 1. The first kappa shape index (κ1) is 18.3. The highest BCUT2D eigenvalue weighted by Gasteiger charge is 2.14. The minimum Gasteiger partial charge on any atom is -0.403 e. The van der Waals surface area contributed by atoms with Gasteiger partial charge >= 0.3 is 5.63 Å². The quantitative estimate of drug-likeness (QED) is 0.637. The van der Waals surface area contributed by atoms with Crippen LogP contribution in [-0.2, 0) is 4.79 Å². The number of hydrogen-bond donors (Lipinski definition) is 1. The summed E-state index contributed by atoms with van der Waals surface area (Å²) in [6, 6.07) is 12.4. The van der Waals surface area contributed by atoms with E-state index in [0.717, 1.165) is 17.3 Å². The molecule has 0 spiro atoms. The van der Waals surface area contributed by atoms with Crippen molar-refractivity contribution in [3.63, 3.8) is 0 Å². The monoisotopic (exact) mass is 414 g/mol. The third-order valence-corrected chi connectivity index (χ3v) is 4.84. The number of aromatic nitrogens is 1. The summed E-state index contributed by atoms with van der Waals surface area (Å²) in [6.45, 7) is 4.01. The molecule has 1 heterocycles. The van der Waals surface area contributed by atoms with Gasteiger partial charge in [0.1, 0.15) is 0 Å². The lowest BCUT2D eigenvalue weighted by atomic mass is 10.0. The summed E-state index contributed by atoms with van der Waals surface area (Å²) < 4.78 is 6.15. The smallest absolute Gasteiger partial charge is 0.347 e. The molecule has 134 valence electrons. The van der Waals surface area contributed by atoms with Gasteiger partial charge in [-0.15, -0.1) is 0 Å². The van der Waals surface area contributed by atoms with Gasteiger partial charge in [-0.25, -0.2) is 9.78 Å². The third kappa shape index (κ3) is 3.85. The van der Waals surface area contributed by atoms with Crippen molar-refractivity contribution < 1.29 is 9.21 Å². The van der Waals surface area contributed by atoms with Gasteiger partial charge in [0.05, 0.1) is 10.9 Å². The van der Waals surface area contributed by atoms with Gasteiger partial charge in [-0.2, -0.15) is 0 Å². The molecule has 0 fully saturated rings. The average molecular weight is 415 g/mol. The molecule has 1 N–H and O–H groups in total. The van der Waals surface area contributed by atoms with Crippen LogP contribution in [0.1, 0.15) is 26.7 Å². The fourth-order valence-corrected chi connectivity index (χ4v) is 3.13. The molecule has 0 aliphatic heterocycles. The van der Waals surface area contributed by atoms with Crippen LogP contribution in [0.5, 0.6) is 0 Å². The first-order chi connectivity index (χ1) is 12.5. The number of amides is 1. The van der Waals surface area contributed by atoms with Gasteiger partial charge in [-0.1, -0.05) is 29.8 Å². The predicted molar refractivity (Wildman–Crippen MR) is 106 cm³/mol. The predicted octanol–water partition coefficient (Wildman–Crippen LogP) is 4.99. The highest BCUT2D eigenvalue weighted by atomic mass is 79.9. The van der Waals surface area contributed by atoms with Crippen molar-refractivity contribution in [1.29, 1.82) is 0 Å². The molecule has 26 heavy (non-hydrogen) atoms. The second-order valence-corrected chi connectivity index (χ2v) is 6.96. The van der Waals surface area contributed by atoms with E-state index in [4.69, 9.17) is 4.42 Å². The summed E-state index contributed by atoms with van der Waals surface area (Å²) in [5.74, 6) is 0.278. The highest BCUT2D eigenvalue weighted by Crippen LogP contribution is 2.23. The average Bonchev–Trinajstić information content (AvgIpc) is 2.64. The van der Waals surface area contributed by atoms with Crippen molar-refractivity contribution in [2.45, 2.75) is 26.7 Å². The fraction of sp³-hybridized carbons (Fsp3) is 0.250. The van der Waals surface area contributed by atoms with Crippen molar-refractivity contribution in [3.8, 4) is 11.5 Å². The Bertz CT molecular complexity index is 992. The van der Waals surface area contributed by atoms with E-state index in [1.807, 2.05) is 19.9 Å². The molecule has 1 amide bonds. The number of anilines is 1. The summed E-state index contributed by atoms with van der Waals surface area (Å²) >= 11 is 3.34. The summed E-state index contributed by atoms with van der Waals surface area (Å²) in [4.78, 5) is 28.8. The maximum atomic E-state index is 12.2. The Morgan fingerprint density at radius 2 is 1.85 bits per heavy atom. The number of nitrogens with zero attached hydrogens (tertiary/aromatic N) is 1. The van der Waals surface area contributed by atoms with Gasteiger partial charge in [-0.3, -0.25) is 4.79 Å². The first-order valence-corrected chi connectivity index (χ1v) is 9.32. The lowest BCUT2D eigenvalue weighted by Crippen LogP contribution is -2.21. The molecule has 0 unspecified atom stereocenters. The Kier molecular flexibility index (Phi) is 5.52. The molecule has 0 aliphatic rings. The second-order valence-electron chi connectivity index (χ2n) is 6.05. The third-order valence-electron chi connectivity index (χ3n) is 4.35. The topological polar surface area (TPSA) is 72.2 Å². The van der Waals surface area contributed by atoms with Crippen LogP contribution in [0.2, 0.25) is 0 Å². The van der Waals surface area contributed by atoms with Crippen molar-refractivity contribution >= 4 is 38.4 Å². The van der Waals surface area contributed by atoms with Gasteiger partial charge in [0.25, 0.3) is 0 Å². The van der Waals surface area contributed by atoms with Crippen molar-refractivity contribution in [3.05, 3.63) is 57.4 Å². The molecular formula is C20H19BrN2O3. The van der Waals surface area contributed by atoms with Gasteiger partial charge in [0.2, 0.25) is 11.8 Å². The van der Waals surface area contributed by atoms with Gasteiger partial charge in [0, 0.05) is 21.6 Å². The molecule has 0 aliphatic carbocycles. The molecule has 0 radical (unpaired) electrons. The molecule has 0 atom stereocenters. The van der Waals surface area contributed by atoms with Crippen molar-refractivity contribution in [2.75, 3.05) is 5.32 Å². The lowest BCUT2D eigenvalue weighted by Gasteiger charge is -2.12.